The van der Waals surface area contributed by atoms with Crippen LogP contribution in [0.15, 0.2) is 91.5 Å². The molecule has 44 heteroatoms. The van der Waals surface area contributed by atoms with Gasteiger partial charge >= 0.3 is 0 Å². The first-order chi connectivity index (χ1) is 63.3. The van der Waals surface area contributed by atoms with Crippen molar-refractivity contribution in [3.63, 3.8) is 0 Å². The largest absolute Gasteiger partial charge is 0.394 e. The summed E-state index contributed by atoms with van der Waals surface area (Å²) in [5.41, 5.74) is 19.9. The summed E-state index contributed by atoms with van der Waals surface area (Å²) >= 11 is 0.783. The Balaban J connectivity index is 1.18. The SMILES string of the molecule is CCCC[C@H]1C(=O)N(C)[C@@H](CCCC)C(=O)N[C@@H](CCCNC(=N)N)C(=O)N[C@H](C(=O)NCC(N)=O)CSCC(=O)N[C@@H](Cc2ccccc2)C(=O)N(C)[C@@H](C)C(=O)N[C@@H](CC(N)=O)C(=O)N2CCC[C@H]2C(=O)N[C@@H](Cc2cnc[nH]2)C(=O)N[C@@H](CC(C)C)C(=O)N(C)CC(=O)N[C@@H](CC2CNc3ccccc32)C(=O)N[C@@H](CO)C(=O)N[C@@H](Cc2c[nH]c3ccc(F)cc23)C(=O)N1C. The molecule has 0 spiro atoms. The maximum Gasteiger partial charge on any atom is 0.246 e. The average Bonchev–Trinajstić information content (AvgIpc) is 1.77. The van der Waals surface area contributed by atoms with Gasteiger partial charge in [0.1, 0.15) is 84.4 Å². The van der Waals surface area contributed by atoms with Crippen LogP contribution in [-0.4, -0.2) is 309 Å². The lowest BCUT2D eigenvalue weighted by Gasteiger charge is -2.36. The highest BCUT2D eigenvalue weighted by Crippen LogP contribution is 2.35. The number of primary amides is 2. The number of carbonyl (C=O) groups is 17. The van der Waals surface area contributed by atoms with Crippen LogP contribution in [0.3, 0.4) is 0 Å². The average molecular weight is 1870 g/mol. The fourth-order valence-electron chi connectivity index (χ4n) is 16.2. The molecular weight excluding hydrogens is 1740 g/mol. The van der Waals surface area contributed by atoms with E-state index in [2.05, 4.69) is 78.8 Å². The number of hydrogen-bond donors (Lipinski definition) is 19. The normalized spacial score (nSPS) is 24.3. The first-order valence-corrected chi connectivity index (χ1v) is 45.7. The van der Waals surface area contributed by atoms with Crippen LogP contribution in [0.5, 0.6) is 0 Å². The number of nitrogens with one attached hydrogen (secondary N) is 15. The number of para-hydroxylation sites is 1. The number of carbonyl (C=O) groups excluding carboxylic acids is 17. The van der Waals surface area contributed by atoms with Crippen LogP contribution in [0.4, 0.5) is 10.1 Å². The van der Waals surface area contributed by atoms with Gasteiger partial charge in [0.05, 0.1) is 38.2 Å². The van der Waals surface area contributed by atoms with E-state index in [4.69, 9.17) is 22.6 Å². The molecule has 5 aromatic rings. The third-order valence-corrected chi connectivity index (χ3v) is 24.6. The van der Waals surface area contributed by atoms with Crippen molar-refractivity contribution in [1.82, 2.24) is 97.9 Å². The minimum absolute atomic E-state index is 0.00856. The van der Waals surface area contributed by atoms with Crippen LogP contribution < -0.4 is 81.0 Å². The molecule has 1 unspecified atom stereocenters. The summed E-state index contributed by atoms with van der Waals surface area (Å²) in [5, 5.41) is 51.6. The van der Waals surface area contributed by atoms with E-state index in [9.17, 15) is 62.6 Å². The van der Waals surface area contributed by atoms with Crippen molar-refractivity contribution in [2.75, 3.05) is 84.3 Å². The fourth-order valence-corrected chi connectivity index (χ4v) is 17.0. The van der Waals surface area contributed by atoms with Crippen molar-refractivity contribution in [1.29, 1.82) is 5.41 Å². The molecule has 14 atom stereocenters. The van der Waals surface area contributed by atoms with Crippen molar-refractivity contribution in [3.05, 3.63) is 120 Å². The van der Waals surface area contributed by atoms with Crippen molar-refractivity contribution in [3.8, 4) is 0 Å². The lowest BCUT2D eigenvalue weighted by atomic mass is 9.93. The van der Waals surface area contributed by atoms with Crippen LogP contribution in [-0.2, 0) is 101 Å². The molecule has 0 aliphatic carbocycles. The fraction of sp³-hybridized carbons (Fsp3) is 0.539. The smallest absolute Gasteiger partial charge is 0.246 e. The summed E-state index contributed by atoms with van der Waals surface area (Å²) in [4.78, 5) is 264. The predicted octanol–water partition coefficient (Wildman–Crippen LogP) is -2.12. The summed E-state index contributed by atoms with van der Waals surface area (Å²) < 4.78 is 15.2. The number of halogens is 1. The molecule has 22 N–H and O–H groups in total. The molecule has 724 valence electrons. The third kappa shape index (κ3) is 30.6. The number of H-pyrrole nitrogens is 2. The van der Waals surface area contributed by atoms with Crippen LogP contribution >= 0.6 is 11.8 Å². The highest BCUT2D eigenvalue weighted by molar-refractivity contribution is 8.00. The molecule has 133 heavy (non-hydrogen) atoms. The van der Waals surface area contributed by atoms with Gasteiger partial charge in [0, 0.05) is 113 Å². The lowest BCUT2D eigenvalue weighted by molar-refractivity contribution is -0.149. The van der Waals surface area contributed by atoms with E-state index in [1.807, 2.05) is 26.0 Å². The Morgan fingerprint density at radius 1 is 0.609 bits per heavy atom. The van der Waals surface area contributed by atoms with E-state index in [1.54, 1.807) is 56.3 Å². The molecule has 3 aliphatic rings. The number of fused-ring (bicyclic) bond motifs is 3. The number of aliphatic hydroxyl groups is 1. The Morgan fingerprint density at radius 2 is 1.23 bits per heavy atom. The first kappa shape index (κ1) is 105. The van der Waals surface area contributed by atoms with Gasteiger partial charge < -0.3 is 121 Å². The van der Waals surface area contributed by atoms with E-state index in [-0.39, 0.29) is 89.8 Å². The second-order valence-electron chi connectivity index (χ2n) is 34.1. The Labute approximate surface area is 774 Å². The van der Waals surface area contributed by atoms with Crippen LogP contribution in [0.25, 0.3) is 10.9 Å². The number of hydrogen-bond acceptors (Lipinski definition) is 22. The number of anilines is 1. The zero-order valence-electron chi connectivity index (χ0n) is 76.4. The van der Waals surface area contributed by atoms with E-state index in [1.165, 1.54) is 72.0 Å². The Kier molecular flexibility index (Phi) is 40.2. The van der Waals surface area contributed by atoms with Gasteiger partial charge in [0.25, 0.3) is 0 Å². The quantitative estimate of drug-likeness (QED) is 0.0160. The number of rotatable bonds is 26. The zero-order chi connectivity index (χ0) is 97.4. The number of unbranched alkanes of at least 4 members (excludes halogenated alkanes) is 2. The summed E-state index contributed by atoms with van der Waals surface area (Å²) in [5.74, 6) is -18.6. The highest BCUT2D eigenvalue weighted by Gasteiger charge is 2.44. The van der Waals surface area contributed by atoms with Crippen LogP contribution in [0, 0.1) is 17.1 Å². The number of amides is 17. The maximum absolute atomic E-state index is 15.7. The monoisotopic (exact) mass is 1870 g/mol. The maximum atomic E-state index is 15.7. The number of guanidine groups is 1. The zero-order valence-corrected chi connectivity index (χ0v) is 77.2. The second kappa shape index (κ2) is 50.9. The van der Waals surface area contributed by atoms with E-state index >= 15 is 28.4 Å². The number of aliphatic hydroxyl groups excluding tert-OH is 1. The molecule has 17 amide bonds. The number of aromatic amines is 2. The molecule has 2 aromatic heterocycles. The molecule has 2 saturated heterocycles. The number of benzene rings is 3. The minimum atomic E-state index is -1.89. The number of aromatic nitrogens is 3. The lowest BCUT2D eigenvalue weighted by Crippen LogP contribution is -2.61. The summed E-state index contributed by atoms with van der Waals surface area (Å²) in [6.45, 7) is 6.06. The molecular formula is C89H127FN24O18S. The number of thioether (sulfide) groups is 1. The summed E-state index contributed by atoms with van der Waals surface area (Å²) in [6, 6.07) is -0.556. The van der Waals surface area contributed by atoms with Gasteiger partial charge in [0.15, 0.2) is 5.96 Å². The summed E-state index contributed by atoms with van der Waals surface area (Å²) in [7, 11) is 5.16. The Bertz CT molecular complexity index is 4950. The third-order valence-electron chi connectivity index (χ3n) is 23.6. The van der Waals surface area contributed by atoms with Gasteiger partial charge in [-0.25, -0.2) is 9.37 Å². The van der Waals surface area contributed by atoms with Gasteiger partial charge in [0.2, 0.25) is 100 Å². The molecule has 0 radical (unpaired) electrons. The minimum Gasteiger partial charge on any atom is -0.394 e. The molecule has 3 aliphatic heterocycles. The number of imidazole rings is 1. The first-order valence-electron chi connectivity index (χ1n) is 44.6. The van der Waals surface area contributed by atoms with Crippen LogP contribution in [0.1, 0.15) is 146 Å². The van der Waals surface area contributed by atoms with Gasteiger partial charge in [-0.3, -0.25) is 86.9 Å². The summed E-state index contributed by atoms with van der Waals surface area (Å²) in [6.07, 6.45) is 3.92. The standard InChI is InChI=1S/C89H127FN24O18S/c1-10-12-26-69-82(126)103-60(25-19-31-96-89(93)94)78(122)109-68(77(121)99-43-73(92)117)46-133-47-75(119)102-64(34-51-21-15-14-16-22-51)85(129)111(7)50(5)76(120)105-66(39-72(91)116)87(131)114-32-20-28-70(114)83(127)104-62(38-55-42-95-48-100-55)80(124)106-63(33-49(3)4)84(128)110(6)44-74(118)101-61(35-52-40-97-58-24-18-17-23-56(52)58)79(123)108-67(45-115)81(125)107-65(36-53-41-98-59-30-29-54(90)37-57(53)59)86(130)113(9)71(27-13-11-2)88(132)112(69)8/h14-18,21-24,29-30,37,41-42,48-50,52,60-71,97-98,115H,10-13,19-20,25-28,31-36,38-40,43-47H2,1-9H3,(H2,91,116)(H2,92,117)(H,95,100)(H,99,121)(H,101,118)(H,102,119)(H,103,126)(H,104,127)(H,105,120)(H,106,124)(H,107,125)(H,108,123)(H,109,122)(H4,93,94,96)/t50-,52?,60-,61-,62-,63-,64-,65-,66-,67-,68-,69-,70-,71-/m0/s1. The van der Waals surface area contributed by atoms with Crippen molar-refractivity contribution < 1.29 is 91.0 Å². The van der Waals surface area contributed by atoms with Gasteiger partial charge in [-0.15, -0.1) is 11.8 Å². The highest BCUT2D eigenvalue weighted by atomic mass is 32.2. The molecule has 3 aromatic carbocycles. The van der Waals surface area contributed by atoms with Gasteiger partial charge in [-0.05, 0) is 105 Å². The van der Waals surface area contributed by atoms with Crippen LogP contribution in [0.2, 0.25) is 0 Å². The Morgan fingerprint density at radius 3 is 1.89 bits per heavy atom. The van der Waals surface area contributed by atoms with Crippen molar-refractivity contribution in [2.45, 2.75) is 222 Å². The second-order valence-corrected chi connectivity index (χ2v) is 35.2. The molecule has 5 heterocycles. The van der Waals surface area contributed by atoms with Gasteiger partial charge in [-0.1, -0.05) is 102 Å². The molecule has 0 saturated carbocycles. The van der Waals surface area contributed by atoms with E-state index in [0.717, 1.165) is 47.5 Å². The number of nitrogens with zero attached hydrogens (tertiary/aromatic N) is 6. The molecule has 42 nitrogen and oxygen atoms in total. The molecule has 2 fully saturated rings. The van der Waals surface area contributed by atoms with Crippen molar-refractivity contribution in [2.24, 2.45) is 23.1 Å². The number of nitrogens with two attached hydrogens (primary N) is 3. The Hall–Kier alpha value is -13.3. The van der Waals surface area contributed by atoms with Gasteiger partial charge in [-0.2, -0.15) is 0 Å². The van der Waals surface area contributed by atoms with E-state index < -0.39 is 241 Å². The topological polar surface area (TPSA) is 617 Å². The molecule has 0 bridgehead atoms. The van der Waals surface area contributed by atoms with E-state index in [0.29, 0.717) is 53.4 Å². The van der Waals surface area contributed by atoms with Crippen molar-refractivity contribution >= 4 is 135 Å². The number of likely N-dealkylation sites (N-methyl/N-ethyl adjacent to an activating group) is 4. The predicted molar refractivity (Wildman–Crippen MR) is 490 cm³/mol. The molecule has 8 rings (SSSR count).